The minimum absolute atomic E-state index is 0.0188. The highest BCUT2D eigenvalue weighted by Gasteiger charge is 2.25. The van der Waals surface area contributed by atoms with Crippen LogP contribution in [0.25, 0.3) is 6.08 Å². The smallest absolute Gasteiger partial charge is 0.192 e. The molecule has 0 radical (unpaired) electrons. The highest BCUT2D eigenvalue weighted by molar-refractivity contribution is 6.32. The summed E-state index contributed by atoms with van der Waals surface area (Å²) in [5.41, 5.74) is 3.21. The zero-order valence-corrected chi connectivity index (χ0v) is 14.0. The maximum Gasteiger partial charge on any atom is 0.192 e. The van der Waals surface area contributed by atoms with E-state index in [0.717, 1.165) is 23.3 Å². The third-order valence-electron chi connectivity index (χ3n) is 4.03. The molecular weight excluding hydrogens is 316 g/mol. The standard InChI is InChI=1S/C17H17ClN2O3/c1-20-14-5-4-11(16(21)12(14)9-19-20)6-10-7-13(18)17(23-3)15(8-10)22-2/h6-9H,4-5H2,1-3H3. The number of ketones is 1. The van der Waals surface area contributed by atoms with Crippen molar-refractivity contribution in [1.29, 1.82) is 0 Å². The number of nitrogens with zero attached hydrogens (tertiary/aromatic N) is 2. The van der Waals surface area contributed by atoms with Crippen LogP contribution < -0.4 is 9.47 Å². The van der Waals surface area contributed by atoms with Crippen LogP contribution in [0.3, 0.4) is 0 Å². The SMILES string of the molecule is COc1cc(C=C2CCc3c(cnn3C)C2=O)cc(Cl)c1OC. The normalized spacial score (nSPS) is 15.7. The summed E-state index contributed by atoms with van der Waals surface area (Å²) < 4.78 is 12.3. The Labute approximate surface area is 139 Å². The molecule has 0 saturated carbocycles. The van der Waals surface area contributed by atoms with Gasteiger partial charge in [-0.1, -0.05) is 11.6 Å². The molecule has 1 aliphatic rings. The van der Waals surface area contributed by atoms with E-state index >= 15 is 0 Å². The molecule has 120 valence electrons. The number of allylic oxidation sites excluding steroid dienone is 1. The Hall–Kier alpha value is -2.27. The number of halogens is 1. The van der Waals surface area contributed by atoms with Crippen molar-refractivity contribution in [2.75, 3.05) is 14.2 Å². The fraction of sp³-hybridized carbons (Fsp3) is 0.294. The molecule has 0 atom stereocenters. The van der Waals surface area contributed by atoms with Gasteiger partial charge in [0.05, 0.1) is 31.0 Å². The molecule has 1 aliphatic carbocycles. The highest BCUT2D eigenvalue weighted by atomic mass is 35.5. The van der Waals surface area contributed by atoms with Crippen LogP contribution in [0, 0.1) is 0 Å². The van der Waals surface area contributed by atoms with E-state index in [1.54, 1.807) is 24.1 Å². The lowest BCUT2D eigenvalue weighted by molar-refractivity contribution is 0.102. The van der Waals surface area contributed by atoms with Crippen LogP contribution >= 0.6 is 11.6 Å². The summed E-state index contributed by atoms with van der Waals surface area (Å²) in [6, 6.07) is 3.58. The number of Topliss-reactive ketones (excluding diaryl/α,β-unsaturated/α-hetero) is 1. The minimum Gasteiger partial charge on any atom is -0.493 e. The molecule has 1 aromatic carbocycles. The molecule has 2 aromatic rings. The molecular formula is C17H17ClN2O3. The van der Waals surface area contributed by atoms with Crippen LogP contribution in [0.5, 0.6) is 11.5 Å². The van der Waals surface area contributed by atoms with Crippen molar-refractivity contribution in [3.05, 3.63) is 45.7 Å². The molecule has 0 fully saturated rings. The molecule has 0 amide bonds. The summed E-state index contributed by atoms with van der Waals surface area (Å²) in [6.45, 7) is 0. The van der Waals surface area contributed by atoms with Gasteiger partial charge >= 0.3 is 0 Å². The van der Waals surface area contributed by atoms with E-state index in [-0.39, 0.29) is 5.78 Å². The molecule has 1 aromatic heterocycles. The lowest BCUT2D eigenvalue weighted by Crippen LogP contribution is -2.15. The quantitative estimate of drug-likeness (QED) is 0.809. The third-order valence-corrected chi connectivity index (χ3v) is 4.31. The molecule has 0 N–H and O–H groups in total. The van der Waals surface area contributed by atoms with Crippen molar-refractivity contribution in [3.63, 3.8) is 0 Å². The number of aromatic nitrogens is 2. The van der Waals surface area contributed by atoms with Crippen molar-refractivity contribution >= 4 is 23.5 Å². The molecule has 0 saturated heterocycles. The maximum absolute atomic E-state index is 12.6. The van der Waals surface area contributed by atoms with Gasteiger partial charge in [0.15, 0.2) is 17.3 Å². The van der Waals surface area contributed by atoms with Gasteiger partial charge in [-0.2, -0.15) is 5.10 Å². The van der Waals surface area contributed by atoms with E-state index in [1.807, 2.05) is 19.2 Å². The summed E-state index contributed by atoms with van der Waals surface area (Å²) >= 11 is 6.22. The second-order valence-electron chi connectivity index (χ2n) is 5.37. The number of hydrogen-bond acceptors (Lipinski definition) is 4. The van der Waals surface area contributed by atoms with E-state index in [1.165, 1.54) is 7.11 Å². The number of aryl methyl sites for hydroxylation is 1. The van der Waals surface area contributed by atoms with Gasteiger partial charge in [-0.05, 0) is 36.6 Å². The van der Waals surface area contributed by atoms with Crippen LogP contribution in [0.1, 0.15) is 28.0 Å². The first-order chi connectivity index (χ1) is 11.0. The minimum atomic E-state index is 0.0188. The summed E-state index contributed by atoms with van der Waals surface area (Å²) in [7, 11) is 4.95. The Morgan fingerprint density at radius 1 is 1.26 bits per heavy atom. The van der Waals surface area contributed by atoms with E-state index in [4.69, 9.17) is 21.1 Å². The molecule has 5 nitrogen and oxygen atoms in total. The van der Waals surface area contributed by atoms with Gasteiger partial charge in [-0.3, -0.25) is 9.48 Å². The number of benzene rings is 1. The topological polar surface area (TPSA) is 53.4 Å². The molecule has 6 heteroatoms. The summed E-state index contributed by atoms with van der Waals surface area (Å²) in [6.07, 6.45) is 4.96. The van der Waals surface area contributed by atoms with Crippen molar-refractivity contribution in [2.24, 2.45) is 7.05 Å². The Morgan fingerprint density at radius 2 is 2.04 bits per heavy atom. The molecule has 0 bridgehead atoms. The van der Waals surface area contributed by atoms with Crippen molar-refractivity contribution in [2.45, 2.75) is 12.8 Å². The zero-order chi connectivity index (χ0) is 16.6. The lowest BCUT2D eigenvalue weighted by Gasteiger charge is -2.15. The fourth-order valence-corrected chi connectivity index (χ4v) is 3.14. The van der Waals surface area contributed by atoms with Gasteiger partial charge in [-0.15, -0.1) is 0 Å². The molecule has 1 heterocycles. The Balaban J connectivity index is 2.00. The number of methoxy groups -OCH3 is 2. The van der Waals surface area contributed by atoms with E-state index in [9.17, 15) is 4.79 Å². The lowest BCUT2D eigenvalue weighted by atomic mass is 9.90. The summed E-state index contributed by atoms with van der Waals surface area (Å²) in [5.74, 6) is 1.04. The first-order valence-corrected chi connectivity index (χ1v) is 7.60. The van der Waals surface area contributed by atoms with Gasteiger partial charge in [0.25, 0.3) is 0 Å². The second-order valence-corrected chi connectivity index (χ2v) is 5.77. The van der Waals surface area contributed by atoms with Gasteiger partial charge in [0.2, 0.25) is 0 Å². The molecule has 3 rings (SSSR count). The van der Waals surface area contributed by atoms with Crippen molar-refractivity contribution in [1.82, 2.24) is 9.78 Å². The van der Waals surface area contributed by atoms with Crippen LogP contribution in [-0.2, 0) is 13.5 Å². The zero-order valence-electron chi connectivity index (χ0n) is 13.2. The Kier molecular flexibility index (Phi) is 4.13. The van der Waals surface area contributed by atoms with E-state index in [2.05, 4.69) is 5.10 Å². The van der Waals surface area contributed by atoms with Crippen molar-refractivity contribution < 1.29 is 14.3 Å². The number of hydrogen-bond donors (Lipinski definition) is 0. The first kappa shape index (κ1) is 15.6. The molecule has 0 spiro atoms. The Morgan fingerprint density at radius 3 is 2.74 bits per heavy atom. The summed E-state index contributed by atoms with van der Waals surface area (Å²) in [5, 5.41) is 4.61. The van der Waals surface area contributed by atoms with Gasteiger partial charge in [0, 0.05) is 18.3 Å². The molecule has 0 aliphatic heterocycles. The van der Waals surface area contributed by atoms with E-state index in [0.29, 0.717) is 28.5 Å². The fourth-order valence-electron chi connectivity index (χ4n) is 2.85. The number of ether oxygens (including phenoxy) is 2. The highest BCUT2D eigenvalue weighted by Crippen LogP contribution is 2.37. The number of carbonyl (C=O) groups is 1. The number of fused-ring (bicyclic) bond motifs is 1. The molecule has 23 heavy (non-hydrogen) atoms. The van der Waals surface area contributed by atoms with Crippen LogP contribution in [0.15, 0.2) is 23.9 Å². The van der Waals surface area contributed by atoms with Crippen LogP contribution in [0.4, 0.5) is 0 Å². The van der Waals surface area contributed by atoms with E-state index < -0.39 is 0 Å². The third kappa shape index (κ3) is 2.72. The van der Waals surface area contributed by atoms with Crippen LogP contribution in [0.2, 0.25) is 5.02 Å². The average molecular weight is 333 g/mol. The average Bonchev–Trinajstić information content (AvgIpc) is 2.91. The number of carbonyl (C=O) groups excluding carboxylic acids is 1. The Bertz CT molecular complexity index is 808. The van der Waals surface area contributed by atoms with Gasteiger partial charge < -0.3 is 9.47 Å². The van der Waals surface area contributed by atoms with Crippen molar-refractivity contribution in [3.8, 4) is 11.5 Å². The summed E-state index contributed by atoms with van der Waals surface area (Å²) in [4.78, 5) is 12.6. The van der Waals surface area contributed by atoms with Gasteiger partial charge in [0.1, 0.15) is 0 Å². The predicted octanol–water partition coefficient (Wildman–Crippen LogP) is 3.30. The van der Waals surface area contributed by atoms with Gasteiger partial charge in [-0.25, -0.2) is 0 Å². The van der Waals surface area contributed by atoms with Crippen LogP contribution in [-0.4, -0.2) is 29.8 Å². The largest absolute Gasteiger partial charge is 0.493 e. The molecule has 0 unspecified atom stereocenters. The first-order valence-electron chi connectivity index (χ1n) is 7.22. The maximum atomic E-state index is 12.6. The predicted molar refractivity (Wildman–Crippen MR) is 88.4 cm³/mol. The monoisotopic (exact) mass is 332 g/mol. The number of rotatable bonds is 3. The second kappa shape index (κ2) is 6.08.